The van der Waals surface area contributed by atoms with Crippen molar-refractivity contribution >= 4 is 5.69 Å². The molecular formula is C22H34FNO2. The van der Waals surface area contributed by atoms with Crippen molar-refractivity contribution in [3.8, 4) is 0 Å². The summed E-state index contributed by atoms with van der Waals surface area (Å²) in [6.45, 7) is 6.96. The van der Waals surface area contributed by atoms with E-state index >= 15 is 0 Å². The first-order valence-electron chi connectivity index (χ1n) is 9.80. The first-order chi connectivity index (χ1) is 12.4. The molecule has 1 unspecified atom stereocenters. The summed E-state index contributed by atoms with van der Waals surface area (Å²) in [5.74, 6) is 0. The van der Waals surface area contributed by atoms with E-state index < -0.39 is 5.67 Å². The van der Waals surface area contributed by atoms with Gasteiger partial charge in [-0.3, -0.25) is 0 Å². The number of aliphatic hydroxyl groups is 1. The fraction of sp³-hybridized carbons (Fsp3) is 0.636. The Labute approximate surface area is 157 Å². The first kappa shape index (κ1) is 20.9. The molecule has 1 aliphatic heterocycles. The molecule has 1 aromatic rings. The summed E-state index contributed by atoms with van der Waals surface area (Å²) in [7, 11) is 2.09. The number of fused-ring (bicyclic) bond motifs is 1. The van der Waals surface area contributed by atoms with Crippen LogP contribution in [0.5, 0.6) is 0 Å². The van der Waals surface area contributed by atoms with Gasteiger partial charge in [0.05, 0.1) is 6.61 Å². The fourth-order valence-corrected chi connectivity index (χ4v) is 3.47. The van der Waals surface area contributed by atoms with Crippen molar-refractivity contribution in [3.63, 3.8) is 0 Å². The van der Waals surface area contributed by atoms with Crippen molar-refractivity contribution in [1.29, 1.82) is 0 Å². The summed E-state index contributed by atoms with van der Waals surface area (Å²) in [5, 5.41) is 9.11. The molecule has 26 heavy (non-hydrogen) atoms. The molecule has 0 saturated carbocycles. The van der Waals surface area contributed by atoms with Gasteiger partial charge in [-0.05, 0) is 68.7 Å². The van der Waals surface area contributed by atoms with Crippen molar-refractivity contribution in [2.24, 2.45) is 0 Å². The van der Waals surface area contributed by atoms with Crippen LogP contribution in [-0.2, 0) is 16.8 Å². The average Bonchev–Trinajstić information content (AvgIpc) is 2.72. The number of hydrogen-bond acceptors (Lipinski definition) is 3. The van der Waals surface area contributed by atoms with Crippen molar-refractivity contribution in [3.05, 3.63) is 41.0 Å². The van der Waals surface area contributed by atoms with Gasteiger partial charge in [0, 0.05) is 32.0 Å². The van der Waals surface area contributed by atoms with Crippen molar-refractivity contribution in [2.45, 2.75) is 64.6 Å². The van der Waals surface area contributed by atoms with E-state index in [1.165, 1.54) is 11.1 Å². The van der Waals surface area contributed by atoms with Crippen LogP contribution in [0.4, 0.5) is 10.1 Å². The minimum Gasteiger partial charge on any atom is -0.396 e. The van der Waals surface area contributed by atoms with E-state index in [9.17, 15) is 4.39 Å². The number of anilines is 1. The van der Waals surface area contributed by atoms with Gasteiger partial charge in [-0.25, -0.2) is 4.39 Å². The number of halogens is 1. The van der Waals surface area contributed by atoms with Crippen LogP contribution in [-0.4, -0.2) is 38.0 Å². The lowest BCUT2D eigenvalue weighted by Gasteiger charge is -2.29. The zero-order chi connectivity index (χ0) is 19.2. The van der Waals surface area contributed by atoms with Gasteiger partial charge in [-0.2, -0.15) is 0 Å². The normalized spacial score (nSPS) is 17.7. The molecule has 1 aromatic carbocycles. The molecule has 0 saturated heterocycles. The van der Waals surface area contributed by atoms with Gasteiger partial charge < -0.3 is 14.7 Å². The summed E-state index contributed by atoms with van der Waals surface area (Å²) >= 11 is 0. The quantitative estimate of drug-likeness (QED) is 0.507. The van der Waals surface area contributed by atoms with Crippen LogP contribution in [0.15, 0.2) is 29.8 Å². The van der Waals surface area contributed by atoms with E-state index in [2.05, 4.69) is 31.0 Å². The molecule has 2 rings (SSSR count). The van der Waals surface area contributed by atoms with Crippen LogP contribution in [0.25, 0.3) is 0 Å². The second-order valence-electron chi connectivity index (χ2n) is 7.77. The zero-order valence-electron chi connectivity index (χ0n) is 16.7. The smallest absolute Gasteiger partial charge is 0.130 e. The molecule has 4 heteroatoms. The summed E-state index contributed by atoms with van der Waals surface area (Å²) in [4.78, 5) is 2.26. The molecule has 0 fully saturated rings. The molecular weight excluding hydrogens is 329 g/mol. The monoisotopic (exact) mass is 363 g/mol. The maximum Gasteiger partial charge on any atom is 0.130 e. The second-order valence-corrected chi connectivity index (χ2v) is 7.77. The van der Waals surface area contributed by atoms with Crippen molar-refractivity contribution in [1.82, 2.24) is 0 Å². The maximum atomic E-state index is 14.5. The van der Waals surface area contributed by atoms with Crippen LogP contribution < -0.4 is 4.90 Å². The Kier molecular flexibility index (Phi) is 7.66. The summed E-state index contributed by atoms with van der Waals surface area (Å²) in [5.41, 5.74) is 2.96. The standard InChI is InChI=1S/C22H34FNO2/c1-5-12-26-16-17-13-18-9-10-19(22(2,3)23)15-21(18)24(4)20(14-17)8-6-7-11-25/h9-10,14-15,20,25H,5-8,11-13,16H2,1-4H3. The third-order valence-electron chi connectivity index (χ3n) is 5.04. The molecule has 0 amide bonds. The maximum absolute atomic E-state index is 14.5. The Hall–Kier alpha value is -1.39. The van der Waals surface area contributed by atoms with E-state index in [1.54, 1.807) is 13.8 Å². The first-order valence-corrected chi connectivity index (χ1v) is 9.80. The van der Waals surface area contributed by atoms with E-state index in [1.807, 2.05) is 12.1 Å². The highest BCUT2D eigenvalue weighted by molar-refractivity contribution is 5.60. The number of hydrogen-bond donors (Lipinski definition) is 1. The summed E-state index contributed by atoms with van der Waals surface area (Å²) < 4.78 is 20.3. The molecule has 1 aliphatic rings. The molecule has 0 aromatic heterocycles. The number of ether oxygens (including phenoxy) is 1. The molecule has 1 N–H and O–H groups in total. The highest BCUT2D eigenvalue weighted by Gasteiger charge is 2.25. The molecule has 0 spiro atoms. The molecule has 1 heterocycles. The lowest BCUT2D eigenvalue weighted by molar-refractivity contribution is 0.155. The molecule has 0 radical (unpaired) electrons. The molecule has 3 nitrogen and oxygen atoms in total. The Morgan fingerprint density at radius 1 is 1.31 bits per heavy atom. The average molecular weight is 364 g/mol. The summed E-state index contributed by atoms with van der Waals surface area (Å²) in [6, 6.07) is 6.20. The minimum absolute atomic E-state index is 0.226. The Bertz CT molecular complexity index is 607. The summed E-state index contributed by atoms with van der Waals surface area (Å²) in [6.07, 6.45) is 6.91. The minimum atomic E-state index is -1.35. The number of aliphatic hydroxyl groups excluding tert-OH is 1. The third kappa shape index (κ3) is 5.55. The van der Waals surface area contributed by atoms with Crippen molar-refractivity contribution < 1.29 is 14.2 Å². The largest absolute Gasteiger partial charge is 0.396 e. The predicted molar refractivity (Wildman–Crippen MR) is 107 cm³/mol. The van der Waals surface area contributed by atoms with Gasteiger partial charge in [-0.1, -0.05) is 25.1 Å². The van der Waals surface area contributed by atoms with Gasteiger partial charge >= 0.3 is 0 Å². The predicted octanol–water partition coefficient (Wildman–Crippen LogP) is 4.77. The lowest BCUT2D eigenvalue weighted by Crippen LogP contribution is -2.30. The Morgan fingerprint density at radius 3 is 2.73 bits per heavy atom. The number of likely N-dealkylation sites (N-methyl/N-ethyl adjacent to an activating group) is 1. The zero-order valence-corrected chi connectivity index (χ0v) is 16.7. The van der Waals surface area contributed by atoms with Crippen LogP contribution in [0.3, 0.4) is 0 Å². The third-order valence-corrected chi connectivity index (χ3v) is 5.04. The van der Waals surface area contributed by atoms with Gasteiger partial charge in [0.1, 0.15) is 5.67 Å². The van der Waals surface area contributed by atoms with Gasteiger partial charge in [0.15, 0.2) is 0 Å². The van der Waals surface area contributed by atoms with Crippen LogP contribution in [0.1, 0.15) is 57.6 Å². The number of nitrogens with zero attached hydrogens (tertiary/aromatic N) is 1. The second kappa shape index (κ2) is 9.52. The Morgan fingerprint density at radius 2 is 2.08 bits per heavy atom. The number of rotatable bonds is 9. The van der Waals surface area contributed by atoms with Crippen molar-refractivity contribution in [2.75, 3.05) is 31.8 Å². The van der Waals surface area contributed by atoms with E-state index in [-0.39, 0.29) is 12.6 Å². The SMILES string of the molecule is CCCOCC1=CC(CCCCO)N(C)c2cc(C(C)(C)F)ccc2C1. The number of benzene rings is 1. The highest BCUT2D eigenvalue weighted by atomic mass is 19.1. The van der Waals surface area contributed by atoms with Crippen LogP contribution >= 0.6 is 0 Å². The van der Waals surface area contributed by atoms with E-state index in [4.69, 9.17) is 9.84 Å². The number of unbranched alkanes of at least 4 members (excludes halogenated alkanes) is 1. The van der Waals surface area contributed by atoms with Crippen LogP contribution in [0.2, 0.25) is 0 Å². The molecule has 0 aliphatic carbocycles. The highest BCUT2D eigenvalue weighted by Crippen LogP contribution is 2.35. The van der Waals surface area contributed by atoms with Crippen LogP contribution in [0, 0.1) is 0 Å². The van der Waals surface area contributed by atoms with E-state index in [0.717, 1.165) is 44.4 Å². The molecule has 1 atom stereocenters. The van der Waals surface area contributed by atoms with E-state index in [0.29, 0.717) is 12.2 Å². The molecule has 0 bridgehead atoms. The molecule has 146 valence electrons. The topological polar surface area (TPSA) is 32.7 Å². The lowest BCUT2D eigenvalue weighted by atomic mass is 9.95. The van der Waals surface area contributed by atoms with Gasteiger partial charge in [0.25, 0.3) is 0 Å². The fourth-order valence-electron chi connectivity index (χ4n) is 3.47. The Balaban J connectivity index is 2.31. The van der Waals surface area contributed by atoms with Gasteiger partial charge in [-0.15, -0.1) is 0 Å². The van der Waals surface area contributed by atoms with Gasteiger partial charge in [0.2, 0.25) is 0 Å². The number of alkyl halides is 1.